The van der Waals surface area contributed by atoms with Crippen LogP contribution in [0.3, 0.4) is 0 Å². The van der Waals surface area contributed by atoms with Crippen LogP contribution >= 0.6 is 0 Å². The molecule has 1 fully saturated rings. The number of carbonyl (C=O) groups is 1. The molecule has 1 aliphatic heterocycles. The van der Waals surface area contributed by atoms with Crippen LogP contribution in [0.2, 0.25) is 0 Å². The van der Waals surface area contributed by atoms with E-state index in [1.165, 1.54) is 5.57 Å². The number of likely N-dealkylation sites (tertiary alicyclic amines) is 1. The number of aliphatic hydroxyl groups is 1. The molecule has 0 spiro atoms. The Morgan fingerprint density at radius 1 is 1.41 bits per heavy atom. The van der Waals surface area contributed by atoms with Gasteiger partial charge in [0.05, 0.1) is 5.56 Å². The number of benzene rings is 1. The Morgan fingerprint density at radius 3 is 2.83 bits per heavy atom. The zero-order valence-electron chi connectivity index (χ0n) is 17.7. The monoisotopic (exact) mass is 398 g/mol. The van der Waals surface area contributed by atoms with Gasteiger partial charge in [0, 0.05) is 30.2 Å². The van der Waals surface area contributed by atoms with Gasteiger partial charge in [-0.05, 0) is 70.5 Å². The molecule has 29 heavy (non-hydrogen) atoms. The molecule has 1 aliphatic carbocycles. The fourth-order valence-electron chi connectivity index (χ4n) is 5.18. The number of nitrogens with two attached hydrogens (primary N) is 1. The van der Waals surface area contributed by atoms with Gasteiger partial charge in [-0.15, -0.1) is 0 Å². The average Bonchev–Trinajstić information content (AvgIpc) is 2.65. The maximum atomic E-state index is 11.9. The van der Waals surface area contributed by atoms with Crippen molar-refractivity contribution in [2.45, 2.75) is 63.8 Å². The normalized spacial score (nSPS) is 23.3. The summed E-state index contributed by atoms with van der Waals surface area (Å²) in [6, 6.07) is 4.03. The van der Waals surface area contributed by atoms with Gasteiger partial charge in [-0.2, -0.15) is 0 Å². The summed E-state index contributed by atoms with van der Waals surface area (Å²) in [5.74, 6) is -0.538. The highest BCUT2D eigenvalue weighted by atomic mass is 16.3. The first-order chi connectivity index (χ1) is 13.8. The number of hydrogen-bond acceptors (Lipinski definition) is 4. The third-order valence-electron chi connectivity index (χ3n) is 6.55. The summed E-state index contributed by atoms with van der Waals surface area (Å²) >= 11 is 0. The zero-order valence-corrected chi connectivity index (χ0v) is 17.7. The van der Waals surface area contributed by atoms with E-state index in [-0.39, 0.29) is 23.3 Å². The second-order valence-electron chi connectivity index (χ2n) is 8.98. The SMILES string of the molecule is C=C(CCCO)C[C@]12CCN(CC=C(C)C)[C@H](Cc3ccc(C(N)=O)c(O)c31)C2. The van der Waals surface area contributed by atoms with Gasteiger partial charge in [0.25, 0.3) is 5.91 Å². The lowest BCUT2D eigenvalue weighted by Gasteiger charge is -2.52. The van der Waals surface area contributed by atoms with Crippen LogP contribution in [0.1, 0.15) is 67.4 Å². The first kappa shape index (κ1) is 21.6. The van der Waals surface area contributed by atoms with Crippen molar-refractivity contribution >= 4 is 5.91 Å². The van der Waals surface area contributed by atoms with Gasteiger partial charge < -0.3 is 15.9 Å². The molecule has 0 unspecified atom stereocenters. The molecule has 0 saturated carbocycles. The van der Waals surface area contributed by atoms with Crippen LogP contribution in [0, 0.1) is 0 Å². The third kappa shape index (κ3) is 4.41. The van der Waals surface area contributed by atoms with Crippen molar-refractivity contribution in [3.05, 3.63) is 52.6 Å². The van der Waals surface area contributed by atoms with E-state index < -0.39 is 5.91 Å². The van der Waals surface area contributed by atoms with E-state index in [0.717, 1.165) is 61.9 Å². The van der Waals surface area contributed by atoms with Crippen molar-refractivity contribution in [2.24, 2.45) is 5.73 Å². The number of piperidine rings is 1. The molecule has 5 nitrogen and oxygen atoms in total. The molecule has 1 aromatic carbocycles. The number of phenols is 1. The molecule has 2 atom stereocenters. The van der Waals surface area contributed by atoms with Crippen molar-refractivity contribution in [3.63, 3.8) is 0 Å². The molecule has 2 aliphatic rings. The second-order valence-corrected chi connectivity index (χ2v) is 8.98. The minimum Gasteiger partial charge on any atom is -0.507 e. The number of amides is 1. The fourth-order valence-corrected chi connectivity index (χ4v) is 5.18. The highest BCUT2D eigenvalue weighted by molar-refractivity contribution is 5.96. The summed E-state index contributed by atoms with van der Waals surface area (Å²) < 4.78 is 0. The Hall–Kier alpha value is -2.11. The minimum absolute atomic E-state index is 0.0566. The van der Waals surface area contributed by atoms with Gasteiger partial charge in [0.15, 0.2) is 0 Å². The number of primary amides is 1. The van der Waals surface area contributed by atoms with E-state index in [9.17, 15) is 15.0 Å². The van der Waals surface area contributed by atoms with E-state index in [4.69, 9.17) is 5.73 Å². The van der Waals surface area contributed by atoms with Crippen LogP contribution in [0.5, 0.6) is 5.75 Å². The van der Waals surface area contributed by atoms with Crippen molar-refractivity contribution < 1.29 is 15.0 Å². The first-order valence-electron chi connectivity index (χ1n) is 10.6. The summed E-state index contributed by atoms with van der Waals surface area (Å²) in [7, 11) is 0. The van der Waals surface area contributed by atoms with Crippen molar-refractivity contribution in [3.8, 4) is 5.75 Å². The van der Waals surface area contributed by atoms with E-state index in [2.05, 4.69) is 31.4 Å². The van der Waals surface area contributed by atoms with Gasteiger partial charge in [-0.1, -0.05) is 29.9 Å². The average molecular weight is 399 g/mol. The Bertz CT molecular complexity index is 826. The topological polar surface area (TPSA) is 86.8 Å². The van der Waals surface area contributed by atoms with Gasteiger partial charge in [0.2, 0.25) is 0 Å². The zero-order chi connectivity index (χ0) is 21.2. The molecule has 1 saturated heterocycles. The lowest BCUT2D eigenvalue weighted by Crippen LogP contribution is -2.53. The van der Waals surface area contributed by atoms with Gasteiger partial charge in [-0.25, -0.2) is 0 Å². The molecule has 1 amide bonds. The molecule has 4 N–H and O–H groups in total. The van der Waals surface area contributed by atoms with Crippen LogP contribution in [0.4, 0.5) is 0 Å². The quantitative estimate of drug-likeness (QED) is 0.586. The Labute approximate surface area is 173 Å². The van der Waals surface area contributed by atoms with Gasteiger partial charge in [0.1, 0.15) is 5.75 Å². The molecule has 0 aromatic heterocycles. The van der Waals surface area contributed by atoms with Crippen molar-refractivity contribution in [2.75, 3.05) is 19.7 Å². The summed E-state index contributed by atoms with van der Waals surface area (Å²) in [6.45, 7) is 10.5. The Morgan fingerprint density at radius 2 is 2.17 bits per heavy atom. The number of aromatic hydroxyl groups is 1. The van der Waals surface area contributed by atoms with Crippen molar-refractivity contribution in [1.29, 1.82) is 0 Å². The molecular weight excluding hydrogens is 364 g/mol. The molecule has 158 valence electrons. The Kier molecular flexibility index (Phi) is 6.49. The number of hydrogen-bond donors (Lipinski definition) is 3. The number of aliphatic hydroxyl groups excluding tert-OH is 1. The Balaban J connectivity index is 2.01. The van der Waals surface area contributed by atoms with Gasteiger partial charge in [-0.3, -0.25) is 9.69 Å². The van der Waals surface area contributed by atoms with Crippen LogP contribution < -0.4 is 5.73 Å². The largest absolute Gasteiger partial charge is 0.507 e. The summed E-state index contributed by atoms with van der Waals surface area (Å²) in [5, 5.41) is 20.2. The van der Waals surface area contributed by atoms with E-state index in [1.54, 1.807) is 6.07 Å². The highest BCUT2D eigenvalue weighted by Gasteiger charge is 2.47. The smallest absolute Gasteiger partial charge is 0.252 e. The predicted octanol–water partition coefficient (Wildman–Crippen LogP) is 3.43. The third-order valence-corrected chi connectivity index (χ3v) is 6.55. The van der Waals surface area contributed by atoms with Crippen LogP contribution in [-0.2, 0) is 11.8 Å². The van der Waals surface area contributed by atoms with Crippen LogP contribution in [-0.4, -0.2) is 46.8 Å². The first-order valence-corrected chi connectivity index (χ1v) is 10.6. The lowest BCUT2D eigenvalue weighted by molar-refractivity contribution is 0.0870. The van der Waals surface area contributed by atoms with E-state index >= 15 is 0 Å². The van der Waals surface area contributed by atoms with Crippen molar-refractivity contribution in [1.82, 2.24) is 4.90 Å². The number of allylic oxidation sites excluding steroid dienone is 2. The minimum atomic E-state index is -0.595. The summed E-state index contributed by atoms with van der Waals surface area (Å²) in [4.78, 5) is 14.4. The van der Waals surface area contributed by atoms with E-state index in [1.807, 2.05) is 6.07 Å². The van der Waals surface area contributed by atoms with E-state index in [0.29, 0.717) is 12.5 Å². The molecule has 5 heteroatoms. The molecular formula is C24H34N2O3. The maximum absolute atomic E-state index is 11.9. The van der Waals surface area contributed by atoms with Crippen LogP contribution in [0.25, 0.3) is 0 Å². The maximum Gasteiger partial charge on any atom is 0.252 e. The van der Waals surface area contributed by atoms with Crippen LogP contribution in [0.15, 0.2) is 35.9 Å². The predicted molar refractivity (Wildman–Crippen MR) is 116 cm³/mol. The number of rotatable bonds is 8. The van der Waals surface area contributed by atoms with Gasteiger partial charge >= 0.3 is 0 Å². The summed E-state index contributed by atoms with van der Waals surface area (Å²) in [6.07, 6.45) is 7.22. The lowest BCUT2D eigenvalue weighted by atomic mass is 9.60. The molecule has 0 radical (unpaired) electrons. The molecule has 3 rings (SSSR count). The number of fused-ring (bicyclic) bond motifs is 4. The molecule has 1 aromatic rings. The molecule has 2 bridgehead atoms. The highest BCUT2D eigenvalue weighted by Crippen LogP contribution is 2.52. The fraction of sp³-hybridized carbons (Fsp3) is 0.542. The summed E-state index contributed by atoms with van der Waals surface area (Å²) in [5.41, 5.74) is 9.91. The standard InChI is InChI=1S/C24H34N2O3/c1-16(2)8-10-26-11-9-24(14-17(3)5-4-12-27)15-19(26)13-18-6-7-20(23(25)29)22(28)21(18)24/h6-8,19,27-28H,3-5,9-15H2,1-2H3,(H2,25,29)/t19-,24+/m1/s1. The number of carbonyl (C=O) groups excluding carboxylic acids is 1. The second kappa shape index (κ2) is 8.72. The number of nitrogens with zero attached hydrogens (tertiary/aromatic N) is 1. The molecule has 1 heterocycles.